The van der Waals surface area contributed by atoms with E-state index in [1.807, 2.05) is 48.5 Å². The van der Waals surface area contributed by atoms with Gasteiger partial charge in [0.2, 0.25) is 0 Å². The Kier molecular flexibility index (Phi) is 21.0. The van der Waals surface area contributed by atoms with Gasteiger partial charge in [0, 0.05) is 72.1 Å². The molecule has 0 aliphatic rings. The number of terminal acetylenes is 1. The minimum absolute atomic E-state index is 0. The maximum absolute atomic E-state index is 10.2. The Morgan fingerprint density at radius 2 is 0.776 bits per heavy atom. The van der Waals surface area contributed by atoms with E-state index < -0.39 is 0 Å². The molecule has 0 saturated carbocycles. The van der Waals surface area contributed by atoms with Crippen LogP contribution in [0.5, 0.6) is 0 Å². The quantitative estimate of drug-likeness (QED) is 0.100. The Bertz CT molecular complexity index is 2350. The smallest absolute Gasteiger partial charge is 0.177 e. The standard InChI is InChI=1S/C26H16N2.C12H8I2.C7H5N.C6H8O.CH4/c1(3-23-13-17-27-18-14-23)21-5-9-25(10-6-21)26-11-7-22(8-12-26)2-4-24-15-19-28-20-16-24;13-11-5-1-9(2-6-11)10-3-7-12(14)8-4-10;1-2-7-3-5-8-6-4-7;1-3-5-6(7)4-2;/h5-20H;1-8H;1,3-6H;3-5H,2H2,1H3;1H4. The molecule has 0 radical (unpaired) electrons. The van der Waals surface area contributed by atoms with Crippen molar-refractivity contribution in [1.82, 2.24) is 15.0 Å². The lowest BCUT2D eigenvalue weighted by Gasteiger charge is -2.02. The van der Waals surface area contributed by atoms with Crippen molar-refractivity contribution in [3.8, 4) is 58.3 Å². The lowest BCUT2D eigenvalue weighted by molar-refractivity contribution is -0.110. The van der Waals surface area contributed by atoms with E-state index in [1.54, 1.807) is 62.3 Å². The summed E-state index contributed by atoms with van der Waals surface area (Å²) in [5.41, 5.74) is 9.64. The van der Waals surface area contributed by atoms with Gasteiger partial charge in [0.1, 0.15) is 0 Å². The summed E-state index contributed by atoms with van der Waals surface area (Å²) in [5.74, 6) is 15.1. The van der Waals surface area contributed by atoms with E-state index in [2.05, 4.69) is 169 Å². The highest BCUT2D eigenvalue weighted by molar-refractivity contribution is 14.1. The highest BCUT2D eigenvalue weighted by Crippen LogP contribution is 2.22. The van der Waals surface area contributed by atoms with Gasteiger partial charge >= 0.3 is 0 Å². The van der Waals surface area contributed by atoms with Gasteiger partial charge in [-0.3, -0.25) is 19.7 Å². The zero-order chi connectivity index (χ0) is 40.5. The highest BCUT2D eigenvalue weighted by Gasteiger charge is 1.99. The van der Waals surface area contributed by atoms with E-state index in [1.165, 1.54) is 30.4 Å². The van der Waals surface area contributed by atoms with Gasteiger partial charge in [-0.2, -0.15) is 0 Å². The Morgan fingerprint density at radius 1 is 0.500 bits per heavy atom. The van der Waals surface area contributed by atoms with Crippen molar-refractivity contribution in [1.29, 1.82) is 0 Å². The molecule has 6 heteroatoms. The SMILES string of the molecule is C.C#Cc1ccncc1.C(#Cc1ccc(-c2ccc(C#Cc3ccncc3)cc2)cc1)c1ccncc1.C=CC(=O)C=CC.Ic1ccc(-c2ccc(I)cc2)cc1. The molecular formula is C52H41I2N3O. The van der Waals surface area contributed by atoms with Crippen molar-refractivity contribution in [3.05, 3.63) is 230 Å². The van der Waals surface area contributed by atoms with E-state index in [0.717, 1.165) is 38.9 Å². The zero-order valence-electron chi connectivity index (χ0n) is 31.2. The van der Waals surface area contributed by atoms with Crippen LogP contribution in [-0.4, -0.2) is 20.7 Å². The molecule has 4 nitrogen and oxygen atoms in total. The third kappa shape index (κ3) is 17.2. The summed E-state index contributed by atoms with van der Waals surface area (Å²) < 4.78 is 2.55. The van der Waals surface area contributed by atoms with Gasteiger partial charge in [-0.05, 0) is 171 Å². The minimum Gasteiger partial charge on any atom is -0.290 e. The molecule has 3 heterocycles. The summed E-state index contributed by atoms with van der Waals surface area (Å²) in [6.07, 6.45) is 19.8. The van der Waals surface area contributed by atoms with Crippen molar-refractivity contribution in [2.24, 2.45) is 0 Å². The molecule has 0 spiro atoms. The fraction of sp³-hybridized carbons (Fsp3) is 0.0385. The number of aromatic nitrogens is 3. The van der Waals surface area contributed by atoms with E-state index >= 15 is 0 Å². The van der Waals surface area contributed by atoms with Crippen LogP contribution in [0.4, 0.5) is 0 Å². The van der Waals surface area contributed by atoms with Crippen molar-refractivity contribution >= 4 is 51.0 Å². The molecule has 284 valence electrons. The number of hydrogen-bond donors (Lipinski definition) is 0. The first-order valence-corrected chi connectivity index (χ1v) is 19.7. The number of nitrogens with zero attached hydrogens (tertiary/aromatic N) is 3. The fourth-order valence-electron chi connectivity index (χ4n) is 4.62. The molecule has 4 aromatic carbocycles. The average Bonchev–Trinajstić information content (AvgIpc) is 3.28. The molecule has 0 N–H and O–H groups in total. The topological polar surface area (TPSA) is 55.7 Å². The predicted molar refractivity (Wildman–Crippen MR) is 259 cm³/mol. The number of carbonyl (C=O) groups excluding carboxylic acids is 1. The van der Waals surface area contributed by atoms with Gasteiger partial charge in [0.15, 0.2) is 5.78 Å². The largest absolute Gasteiger partial charge is 0.290 e. The van der Waals surface area contributed by atoms with Crippen LogP contribution in [0.3, 0.4) is 0 Å². The molecule has 7 aromatic rings. The summed E-state index contributed by atoms with van der Waals surface area (Å²) in [6.45, 7) is 5.07. The summed E-state index contributed by atoms with van der Waals surface area (Å²) in [7, 11) is 0. The first kappa shape index (κ1) is 46.0. The molecule has 7 rings (SSSR count). The number of hydrogen-bond acceptors (Lipinski definition) is 4. The molecule has 0 bridgehead atoms. The Hall–Kier alpha value is -6.38. The number of allylic oxidation sites excluding steroid dienone is 3. The lowest BCUT2D eigenvalue weighted by atomic mass is 10.0. The number of carbonyl (C=O) groups is 1. The number of halogens is 2. The predicted octanol–water partition coefficient (Wildman–Crippen LogP) is 12.5. The summed E-state index contributed by atoms with van der Waals surface area (Å²) >= 11 is 4.64. The van der Waals surface area contributed by atoms with E-state index in [-0.39, 0.29) is 13.2 Å². The number of ketones is 1. The fourth-order valence-corrected chi connectivity index (χ4v) is 5.34. The Labute approximate surface area is 371 Å². The van der Waals surface area contributed by atoms with E-state index in [0.29, 0.717) is 0 Å². The third-order valence-electron chi connectivity index (χ3n) is 7.57. The molecule has 3 aromatic heterocycles. The number of rotatable bonds is 4. The van der Waals surface area contributed by atoms with Crippen molar-refractivity contribution in [2.45, 2.75) is 14.4 Å². The van der Waals surface area contributed by atoms with Gasteiger partial charge in [0.05, 0.1) is 0 Å². The van der Waals surface area contributed by atoms with Crippen molar-refractivity contribution in [3.63, 3.8) is 0 Å². The average molecular weight is 978 g/mol. The molecule has 0 fully saturated rings. The zero-order valence-corrected chi connectivity index (χ0v) is 35.5. The molecule has 0 saturated heterocycles. The summed E-state index contributed by atoms with van der Waals surface area (Å²) in [6, 6.07) is 44.9. The first-order chi connectivity index (χ1) is 27.9. The monoisotopic (exact) mass is 977 g/mol. The number of pyridine rings is 3. The molecular weight excluding hydrogens is 936 g/mol. The summed E-state index contributed by atoms with van der Waals surface area (Å²) in [4.78, 5) is 22.0. The molecule has 0 aliphatic carbocycles. The number of benzene rings is 4. The molecule has 0 unspecified atom stereocenters. The van der Waals surface area contributed by atoms with Crippen LogP contribution >= 0.6 is 45.2 Å². The van der Waals surface area contributed by atoms with Crippen molar-refractivity contribution in [2.75, 3.05) is 0 Å². The van der Waals surface area contributed by atoms with Crippen LogP contribution in [-0.2, 0) is 4.79 Å². The van der Waals surface area contributed by atoms with Gasteiger partial charge in [-0.15, -0.1) is 6.42 Å². The molecule has 0 amide bonds. The first-order valence-electron chi connectivity index (χ1n) is 17.6. The van der Waals surface area contributed by atoms with Gasteiger partial charge in [0.25, 0.3) is 0 Å². The maximum atomic E-state index is 10.2. The minimum atomic E-state index is -0.0394. The van der Waals surface area contributed by atoms with Crippen LogP contribution in [0, 0.1) is 43.2 Å². The van der Waals surface area contributed by atoms with Crippen LogP contribution < -0.4 is 0 Å². The molecule has 58 heavy (non-hydrogen) atoms. The second-order valence-corrected chi connectivity index (χ2v) is 14.1. The third-order valence-corrected chi connectivity index (χ3v) is 9.01. The normalized spacial score (nSPS) is 9.28. The maximum Gasteiger partial charge on any atom is 0.177 e. The Morgan fingerprint density at radius 3 is 1.02 bits per heavy atom. The van der Waals surface area contributed by atoms with E-state index in [9.17, 15) is 4.79 Å². The highest BCUT2D eigenvalue weighted by atomic mass is 127. The van der Waals surface area contributed by atoms with Crippen LogP contribution in [0.15, 0.2) is 195 Å². The van der Waals surface area contributed by atoms with Gasteiger partial charge in [-0.1, -0.05) is 98.2 Å². The van der Waals surface area contributed by atoms with Crippen molar-refractivity contribution < 1.29 is 4.79 Å². The second-order valence-electron chi connectivity index (χ2n) is 11.6. The van der Waals surface area contributed by atoms with E-state index in [4.69, 9.17) is 6.42 Å². The van der Waals surface area contributed by atoms with Crippen LogP contribution in [0.25, 0.3) is 22.3 Å². The Balaban J connectivity index is 0.000000248. The summed E-state index contributed by atoms with van der Waals surface area (Å²) in [5, 5.41) is 0. The molecule has 0 atom stereocenters. The van der Waals surface area contributed by atoms with Gasteiger partial charge < -0.3 is 0 Å². The van der Waals surface area contributed by atoms with Gasteiger partial charge in [-0.25, -0.2) is 0 Å². The molecule has 0 aliphatic heterocycles. The second kappa shape index (κ2) is 26.5. The lowest BCUT2D eigenvalue weighted by Crippen LogP contribution is -1.81. The van der Waals surface area contributed by atoms with Crippen LogP contribution in [0.2, 0.25) is 0 Å². The van der Waals surface area contributed by atoms with Crippen LogP contribution in [0.1, 0.15) is 42.2 Å².